The van der Waals surface area contributed by atoms with Crippen LogP contribution < -0.4 is 5.48 Å². The lowest BCUT2D eigenvalue weighted by Crippen LogP contribution is -2.10. The van der Waals surface area contributed by atoms with E-state index in [0.717, 1.165) is 0 Å². The van der Waals surface area contributed by atoms with Gasteiger partial charge in [-0.05, 0) is 0 Å². The van der Waals surface area contributed by atoms with E-state index in [1.54, 1.807) is 7.05 Å². The summed E-state index contributed by atoms with van der Waals surface area (Å²) in [5.41, 5.74) is 2.22. The summed E-state index contributed by atoms with van der Waals surface area (Å²) in [6, 6.07) is 0. The third-order valence-corrected chi connectivity index (χ3v) is 3.78. The van der Waals surface area contributed by atoms with Crippen molar-refractivity contribution in [1.29, 1.82) is 0 Å². The van der Waals surface area contributed by atoms with Gasteiger partial charge in [0.25, 0.3) is 20.2 Å². The number of nitrogens with zero attached hydrogens (tertiary/aromatic N) is 1. The minimum atomic E-state index is -3.17. The molecule has 0 aromatic carbocycles. The molecule has 0 radical (unpaired) electrons. The maximum atomic E-state index is 10.4. The summed E-state index contributed by atoms with van der Waals surface area (Å²) >= 11 is 0. The van der Waals surface area contributed by atoms with E-state index in [-0.39, 0.29) is 11.5 Å². The topological polar surface area (TPSA) is 102 Å². The van der Waals surface area contributed by atoms with E-state index in [9.17, 15) is 16.8 Å². The zero-order chi connectivity index (χ0) is 11.5. The molecule has 2 saturated heterocycles. The van der Waals surface area contributed by atoms with Gasteiger partial charge in [0.2, 0.25) is 0 Å². The molecule has 0 amide bonds. The SMILES string of the molecule is CN1CCS(=O)(=O)O1.O=S1(=O)CCNO1. The lowest BCUT2D eigenvalue weighted by atomic mass is 10.8. The maximum Gasteiger partial charge on any atom is 0.284 e. The van der Waals surface area contributed by atoms with E-state index in [2.05, 4.69) is 14.0 Å². The van der Waals surface area contributed by atoms with E-state index in [0.29, 0.717) is 13.1 Å². The van der Waals surface area contributed by atoms with Gasteiger partial charge in [-0.15, -0.1) is 0 Å². The molecule has 0 aliphatic carbocycles. The van der Waals surface area contributed by atoms with Crippen molar-refractivity contribution in [2.75, 3.05) is 31.6 Å². The highest BCUT2D eigenvalue weighted by Crippen LogP contribution is 2.04. The summed E-state index contributed by atoms with van der Waals surface area (Å²) < 4.78 is 49.5. The molecule has 2 heterocycles. The van der Waals surface area contributed by atoms with E-state index in [1.807, 2.05) is 0 Å². The largest absolute Gasteiger partial charge is 0.284 e. The molecule has 2 aliphatic rings. The van der Waals surface area contributed by atoms with Crippen molar-refractivity contribution >= 4 is 20.2 Å². The van der Waals surface area contributed by atoms with Gasteiger partial charge in [0.05, 0.1) is 11.5 Å². The Bertz CT molecular complexity index is 389. The van der Waals surface area contributed by atoms with Crippen LogP contribution in [0.25, 0.3) is 0 Å². The molecule has 2 fully saturated rings. The minimum absolute atomic E-state index is 0.0903. The Morgan fingerprint density at radius 1 is 1.13 bits per heavy atom. The maximum absolute atomic E-state index is 10.4. The van der Waals surface area contributed by atoms with Gasteiger partial charge in [-0.25, -0.2) is 0 Å². The van der Waals surface area contributed by atoms with Crippen molar-refractivity contribution in [3.8, 4) is 0 Å². The average molecular weight is 260 g/mol. The molecule has 0 atom stereocenters. The van der Waals surface area contributed by atoms with E-state index < -0.39 is 20.2 Å². The molecule has 10 heteroatoms. The number of nitrogens with one attached hydrogen (secondary N) is 1. The molecule has 0 bridgehead atoms. The summed E-state index contributed by atoms with van der Waals surface area (Å²) in [4.78, 5) is 0. The highest BCUT2D eigenvalue weighted by molar-refractivity contribution is 7.87. The van der Waals surface area contributed by atoms with Crippen molar-refractivity contribution in [1.82, 2.24) is 10.5 Å². The lowest BCUT2D eigenvalue weighted by molar-refractivity contribution is 0.00518. The Kier molecular flexibility index (Phi) is 4.03. The van der Waals surface area contributed by atoms with Crippen LogP contribution in [0.3, 0.4) is 0 Å². The predicted octanol–water partition coefficient (Wildman–Crippen LogP) is -1.96. The van der Waals surface area contributed by atoms with Crippen LogP contribution >= 0.6 is 0 Å². The molecule has 0 spiro atoms. The number of hydrogen-bond donors (Lipinski definition) is 1. The number of hydroxylamine groups is 3. The second-order valence-electron chi connectivity index (χ2n) is 2.93. The summed E-state index contributed by atoms with van der Waals surface area (Å²) in [7, 11) is -4.74. The van der Waals surface area contributed by atoms with E-state index in [4.69, 9.17) is 0 Å². The molecular formula is C5H12N2O6S2. The van der Waals surface area contributed by atoms with Crippen LogP contribution in [0.4, 0.5) is 0 Å². The summed E-state index contributed by atoms with van der Waals surface area (Å²) in [6.07, 6.45) is 0. The third kappa shape index (κ3) is 4.86. The molecular weight excluding hydrogens is 248 g/mol. The average Bonchev–Trinajstić information content (AvgIpc) is 2.59. The van der Waals surface area contributed by atoms with Crippen LogP contribution in [0.15, 0.2) is 0 Å². The first-order chi connectivity index (χ1) is 6.81. The van der Waals surface area contributed by atoms with Crippen molar-refractivity contribution in [3.05, 3.63) is 0 Å². The zero-order valence-corrected chi connectivity index (χ0v) is 9.67. The van der Waals surface area contributed by atoms with Crippen LogP contribution in [-0.4, -0.2) is 53.5 Å². The van der Waals surface area contributed by atoms with Gasteiger partial charge in [-0.2, -0.15) is 35.9 Å². The highest BCUT2D eigenvalue weighted by Gasteiger charge is 2.23. The monoisotopic (exact) mass is 260 g/mol. The van der Waals surface area contributed by atoms with Gasteiger partial charge in [-0.1, -0.05) is 0 Å². The quantitative estimate of drug-likeness (QED) is 0.536. The molecule has 0 saturated carbocycles. The molecule has 1 N–H and O–H groups in total. The van der Waals surface area contributed by atoms with Gasteiger partial charge in [0.1, 0.15) is 0 Å². The molecule has 15 heavy (non-hydrogen) atoms. The fourth-order valence-corrected chi connectivity index (χ4v) is 2.55. The van der Waals surface area contributed by atoms with Gasteiger partial charge in [0, 0.05) is 20.1 Å². The fourth-order valence-electron chi connectivity index (χ4n) is 0.849. The minimum Gasteiger partial charge on any atom is -0.198 e. The molecule has 90 valence electrons. The highest BCUT2D eigenvalue weighted by atomic mass is 32.2. The molecule has 2 rings (SSSR count). The van der Waals surface area contributed by atoms with Crippen molar-refractivity contribution in [2.24, 2.45) is 0 Å². The molecule has 0 aromatic rings. The summed E-state index contributed by atoms with van der Waals surface area (Å²) in [5, 5.41) is 1.30. The Morgan fingerprint density at radius 2 is 1.80 bits per heavy atom. The Labute approximate surface area is 88.3 Å². The van der Waals surface area contributed by atoms with Crippen molar-refractivity contribution in [2.45, 2.75) is 0 Å². The second-order valence-corrected chi connectivity index (χ2v) is 6.29. The molecule has 2 aliphatic heterocycles. The summed E-state index contributed by atoms with van der Waals surface area (Å²) in [6.45, 7) is 0.880. The first-order valence-corrected chi connectivity index (χ1v) is 7.24. The van der Waals surface area contributed by atoms with Crippen LogP contribution in [0.5, 0.6) is 0 Å². The van der Waals surface area contributed by atoms with E-state index in [1.165, 1.54) is 5.06 Å². The molecule has 8 nitrogen and oxygen atoms in total. The van der Waals surface area contributed by atoms with Gasteiger partial charge in [0.15, 0.2) is 0 Å². The van der Waals surface area contributed by atoms with Crippen LogP contribution in [0.1, 0.15) is 0 Å². The standard InChI is InChI=1S/C3H7NO3S.C2H5NO3S/c1-4-2-3-8(5,6)7-4;4-7(5)2-1-3-6-7/h2-3H2,1H3;3H,1-2H2. The summed E-state index contributed by atoms with van der Waals surface area (Å²) in [5.74, 6) is 0.205. The van der Waals surface area contributed by atoms with Crippen LogP contribution in [-0.2, 0) is 28.8 Å². The van der Waals surface area contributed by atoms with E-state index >= 15 is 0 Å². The number of rotatable bonds is 0. The predicted molar refractivity (Wildman–Crippen MR) is 50.4 cm³/mol. The first-order valence-electron chi connectivity index (χ1n) is 4.08. The van der Waals surface area contributed by atoms with Gasteiger partial charge < -0.3 is 0 Å². The van der Waals surface area contributed by atoms with Gasteiger partial charge >= 0.3 is 0 Å². The lowest BCUT2D eigenvalue weighted by Gasteiger charge is -1.98. The molecule has 0 aromatic heterocycles. The second kappa shape index (κ2) is 4.72. The van der Waals surface area contributed by atoms with Gasteiger partial charge in [-0.3, -0.25) is 0 Å². The van der Waals surface area contributed by atoms with Crippen LogP contribution in [0.2, 0.25) is 0 Å². The first kappa shape index (κ1) is 12.8. The Balaban J connectivity index is 0.000000151. The fraction of sp³-hybridized carbons (Fsp3) is 1.00. The van der Waals surface area contributed by atoms with Crippen molar-refractivity contribution in [3.63, 3.8) is 0 Å². The normalized spacial score (nSPS) is 28.3. The smallest absolute Gasteiger partial charge is 0.198 e. The molecule has 0 unspecified atom stereocenters. The van der Waals surface area contributed by atoms with Crippen molar-refractivity contribution < 1.29 is 25.4 Å². The third-order valence-electron chi connectivity index (χ3n) is 1.54. The number of hydrogen-bond acceptors (Lipinski definition) is 8. The zero-order valence-electron chi connectivity index (χ0n) is 8.04. The van der Waals surface area contributed by atoms with Crippen LogP contribution in [0, 0.1) is 0 Å². The Morgan fingerprint density at radius 3 is 1.93 bits per heavy atom. The Hall–Kier alpha value is -0.260.